The highest BCUT2D eigenvalue weighted by atomic mass is 16.5. The summed E-state index contributed by atoms with van der Waals surface area (Å²) in [6.45, 7) is 7.06. The highest BCUT2D eigenvalue weighted by Crippen LogP contribution is 2.31. The highest BCUT2D eigenvalue weighted by molar-refractivity contribution is 5.97. The molecule has 0 spiro atoms. The molecule has 1 heterocycles. The Balaban J connectivity index is 1.53. The maximum atomic E-state index is 12.2. The number of amides is 1. The number of aliphatic imine (C=N–C) groups is 1. The molecule has 0 saturated carbocycles. The van der Waals surface area contributed by atoms with E-state index < -0.39 is 0 Å². The summed E-state index contributed by atoms with van der Waals surface area (Å²) >= 11 is 0. The van der Waals surface area contributed by atoms with Crippen LogP contribution in [0.25, 0.3) is 0 Å². The second-order valence-corrected chi connectivity index (χ2v) is 6.70. The van der Waals surface area contributed by atoms with Crippen molar-refractivity contribution in [3.8, 4) is 5.75 Å². The third kappa shape index (κ3) is 5.03. The fourth-order valence-electron chi connectivity index (χ4n) is 3.14. The lowest BCUT2D eigenvalue weighted by atomic mass is 10.1. The van der Waals surface area contributed by atoms with Gasteiger partial charge in [0.1, 0.15) is 5.75 Å². The SMILES string of the molecule is CCNC(=NCc1ccccc1C)NCCCN1C(=O)COc2ccccc21. The van der Waals surface area contributed by atoms with Crippen molar-refractivity contribution in [1.82, 2.24) is 10.6 Å². The lowest BCUT2D eigenvalue weighted by Crippen LogP contribution is -2.42. The van der Waals surface area contributed by atoms with Crippen LogP contribution in [0.4, 0.5) is 5.69 Å². The van der Waals surface area contributed by atoms with Gasteiger partial charge < -0.3 is 20.3 Å². The summed E-state index contributed by atoms with van der Waals surface area (Å²) in [6, 6.07) is 15.9. The summed E-state index contributed by atoms with van der Waals surface area (Å²) < 4.78 is 5.49. The van der Waals surface area contributed by atoms with Crippen molar-refractivity contribution < 1.29 is 9.53 Å². The molecule has 2 aromatic carbocycles. The smallest absolute Gasteiger partial charge is 0.265 e. The summed E-state index contributed by atoms with van der Waals surface area (Å²) in [6.07, 6.45) is 0.814. The second kappa shape index (κ2) is 9.78. The Bertz CT molecular complexity index is 835. The van der Waals surface area contributed by atoms with Crippen LogP contribution in [0, 0.1) is 6.92 Å². The van der Waals surface area contributed by atoms with Gasteiger partial charge in [0.15, 0.2) is 12.6 Å². The maximum Gasteiger partial charge on any atom is 0.265 e. The van der Waals surface area contributed by atoms with Crippen molar-refractivity contribution in [1.29, 1.82) is 0 Å². The molecular weight excluding hydrogens is 352 g/mol. The van der Waals surface area contributed by atoms with Crippen LogP contribution in [-0.4, -0.2) is 38.1 Å². The molecular formula is C22H28N4O2. The van der Waals surface area contributed by atoms with Gasteiger partial charge in [0.05, 0.1) is 12.2 Å². The summed E-state index contributed by atoms with van der Waals surface area (Å²) in [7, 11) is 0. The molecule has 6 heteroatoms. The van der Waals surface area contributed by atoms with E-state index in [0.29, 0.717) is 13.1 Å². The number of hydrogen-bond acceptors (Lipinski definition) is 3. The van der Waals surface area contributed by atoms with Gasteiger partial charge in [0.2, 0.25) is 0 Å². The minimum absolute atomic E-state index is 0.00109. The zero-order valence-corrected chi connectivity index (χ0v) is 16.6. The van der Waals surface area contributed by atoms with Crippen molar-refractivity contribution in [3.05, 3.63) is 59.7 Å². The Morgan fingerprint density at radius 3 is 2.75 bits per heavy atom. The molecule has 0 aromatic heterocycles. The first-order valence-electron chi connectivity index (χ1n) is 9.78. The minimum atomic E-state index is -0.00109. The van der Waals surface area contributed by atoms with Crippen LogP contribution < -0.4 is 20.3 Å². The number of para-hydroxylation sites is 2. The van der Waals surface area contributed by atoms with E-state index in [0.717, 1.165) is 36.9 Å². The zero-order chi connectivity index (χ0) is 19.8. The Kier molecular flexibility index (Phi) is 6.89. The molecule has 2 aromatic rings. The monoisotopic (exact) mass is 380 g/mol. The molecule has 28 heavy (non-hydrogen) atoms. The van der Waals surface area contributed by atoms with Crippen LogP contribution in [0.1, 0.15) is 24.5 Å². The first-order valence-corrected chi connectivity index (χ1v) is 9.78. The molecule has 0 bridgehead atoms. The third-order valence-electron chi connectivity index (χ3n) is 4.67. The number of carbonyl (C=O) groups excluding carboxylic acids is 1. The van der Waals surface area contributed by atoms with Gasteiger partial charge in [-0.1, -0.05) is 36.4 Å². The summed E-state index contributed by atoms with van der Waals surface area (Å²) in [5.41, 5.74) is 3.31. The number of hydrogen-bond donors (Lipinski definition) is 2. The molecule has 1 aliphatic rings. The number of guanidine groups is 1. The second-order valence-electron chi connectivity index (χ2n) is 6.70. The zero-order valence-electron chi connectivity index (χ0n) is 16.6. The maximum absolute atomic E-state index is 12.2. The van der Waals surface area contributed by atoms with Crippen LogP contribution >= 0.6 is 0 Å². The average molecular weight is 380 g/mol. The van der Waals surface area contributed by atoms with E-state index in [1.54, 1.807) is 4.90 Å². The Labute approximate surface area is 166 Å². The number of anilines is 1. The quantitative estimate of drug-likeness (QED) is 0.440. The van der Waals surface area contributed by atoms with Crippen molar-refractivity contribution in [2.24, 2.45) is 4.99 Å². The van der Waals surface area contributed by atoms with Gasteiger partial charge in [0.25, 0.3) is 5.91 Å². The van der Waals surface area contributed by atoms with Crippen molar-refractivity contribution in [2.45, 2.75) is 26.8 Å². The molecule has 0 atom stereocenters. The van der Waals surface area contributed by atoms with Gasteiger partial charge in [-0.2, -0.15) is 0 Å². The van der Waals surface area contributed by atoms with Crippen molar-refractivity contribution in [2.75, 3.05) is 31.1 Å². The van der Waals surface area contributed by atoms with Gasteiger partial charge in [-0.25, -0.2) is 4.99 Å². The minimum Gasteiger partial charge on any atom is -0.482 e. The number of carbonyl (C=O) groups is 1. The molecule has 0 unspecified atom stereocenters. The average Bonchev–Trinajstić information content (AvgIpc) is 2.71. The first kappa shape index (κ1) is 19.7. The molecule has 1 aliphatic heterocycles. The summed E-state index contributed by atoms with van der Waals surface area (Å²) in [4.78, 5) is 18.7. The van der Waals surface area contributed by atoms with Crippen LogP contribution in [0.2, 0.25) is 0 Å². The largest absolute Gasteiger partial charge is 0.482 e. The molecule has 148 valence electrons. The van der Waals surface area contributed by atoms with E-state index in [2.05, 4.69) is 34.7 Å². The Morgan fingerprint density at radius 1 is 1.14 bits per heavy atom. The lowest BCUT2D eigenvalue weighted by Gasteiger charge is -2.29. The van der Waals surface area contributed by atoms with Gasteiger partial charge in [-0.15, -0.1) is 0 Å². The molecule has 1 amide bonds. The first-order chi connectivity index (χ1) is 13.7. The van der Waals surface area contributed by atoms with Crippen LogP contribution in [0.3, 0.4) is 0 Å². The number of nitrogens with one attached hydrogen (secondary N) is 2. The van der Waals surface area contributed by atoms with E-state index in [1.807, 2.05) is 43.3 Å². The number of rotatable bonds is 7. The predicted molar refractivity (Wildman–Crippen MR) is 113 cm³/mol. The summed E-state index contributed by atoms with van der Waals surface area (Å²) in [5, 5.41) is 6.63. The van der Waals surface area contributed by atoms with E-state index in [9.17, 15) is 4.79 Å². The van der Waals surface area contributed by atoms with Gasteiger partial charge >= 0.3 is 0 Å². The third-order valence-corrected chi connectivity index (χ3v) is 4.67. The normalized spacial score (nSPS) is 13.7. The van der Waals surface area contributed by atoms with E-state index in [4.69, 9.17) is 4.74 Å². The van der Waals surface area contributed by atoms with E-state index >= 15 is 0 Å². The number of fused-ring (bicyclic) bond motifs is 1. The molecule has 6 nitrogen and oxygen atoms in total. The number of aryl methyl sites for hydroxylation is 1. The molecule has 0 radical (unpaired) electrons. The Hall–Kier alpha value is -3.02. The molecule has 0 aliphatic carbocycles. The fourth-order valence-corrected chi connectivity index (χ4v) is 3.14. The van der Waals surface area contributed by atoms with Crippen LogP contribution in [-0.2, 0) is 11.3 Å². The van der Waals surface area contributed by atoms with Crippen molar-refractivity contribution in [3.63, 3.8) is 0 Å². The van der Waals surface area contributed by atoms with Gasteiger partial charge in [-0.05, 0) is 43.5 Å². The van der Waals surface area contributed by atoms with Crippen LogP contribution in [0.15, 0.2) is 53.5 Å². The fraction of sp³-hybridized carbons (Fsp3) is 0.364. The highest BCUT2D eigenvalue weighted by Gasteiger charge is 2.24. The van der Waals surface area contributed by atoms with Gasteiger partial charge in [-0.3, -0.25) is 4.79 Å². The lowest BCUT2D eigenvalue weighted by molar-refractivity contribution is -0.121. The molecule has 2 N–H and O–H groups in total. The van der Waals surface area contributed by atoms with Crippen molar-refractivity contribution >= 4 is 17.6 Å². The predicted octanol–water partition coefficient (Wildman–Crippen LogP) is 2.87. The number of nitrogens with zero attached hydrogens (tertiary/aromatic N) is 2. The van der Waals surface area contributed by atoms with E-state index in [1.165, 1.54) is 11.1 Å². The number of ether oxygens (including phenoxy) is 1. The molecule has 0 fully saturated rings. The Morgan fingerprint density at radius 2 is 1.93 bits per heavy atom. The summed E-state index contributed by atoms with van der Waals surface area (Å²) in [5.74, 6) is 1.56. The topological polar surface area (TPSA) is 66.0 Å². The van der Waals surface area contributed by atoms with Gasteiger partial charge in [0, 0.05) is 19.6 Å². The number of benzene rings is 2. The van der Waals surface area contributed by atoms with Crippen LogP contribution in [0.5, 0.6) is 5.75 Å². The molecule has 3 rings (SSSR count). The van der Waals surface area contributed by atoms with E-state index in [-0.39, 0.29) is 12.5 Å². The standard InChI is InChI=1S/C22H28N4O2/c1-3-23-22(25-15-18-10-5-4-9-17(18)2)24-13-8-14-26-19-11-6-7-12-20(19)28-16-21(26)27/h4-7,9-12H,3,8,13-16H2,1-2H3,(H2,23,24,25). The molecule has 0 saturated heterocycles.